The number of hydrogen-bond acceptors (Lipinski definition) is 6. The van der Waals surface area contributed by atoms with Gasteiger partial charge in [-0.1, -0.05) is 18.2 Å². The molecule has 1 unspecified atom stereocenters. The first-order valence-electron chi connectivity index (χ1n) is 7.99. The molecule has 0 spiro atoms. The maximum Gasteiger partial charge on any atom is 0.336 e. The first kappa shape index (κ1) is 19.2. The average Bonchev–Trinajstić information content (AvgIpc) is 2.60. The van der Waals surface area contributed by atoms with E-state index < -0.39 is 17.9 Å². The lowest BCUT2D eigenvalue weighted by atomic mass is 9.79. The van der Waals surface area contributed by atoms with Crippen LogP contribution in [0.15, 0.2) is 46.8 Å². The van der Waals surface area contributed by atoms with Crippen LogP contribution in [0, 0.1) is 11.3 Å². The van der Waals surface area contributed by atoms with E-state index in [1.807, 2.05) is 0 Å². The van der Waals surface area contributed by atoms with Gasteiger partial charge in [0.05, 0.1) is 35.3 Å². The number of hydrogen-bond donors (Lipinski definition) is 2. The predicted molar refractivity (Wildman–Crippen MR) is 92.9 cm³/mol. The van der Waals surface area contributed by atoms with Crippen molar-refractivity contribution in [1.29, 1.82) is 5.26 Å². The van der Waals surface area contributed by atoms with Gasteiger partial charge in [-0.15, -0.1) is 0 Å². The largest absolute Gasteiger partial charge is 0.478 e. The topological polar surface area (TPSA) is 109 Å². The highest BCUT2D eigenvalue weighted by atomic mass is 16.6. The Hall–Kier alpha value is -3.11. The van der Waals surface area contributed by atoms with Crippen molar-refractivity contribution in [2.45, 2.75) is 19.8 Å². The number of rotatable bonds is 6. The molecule has 1 aromatic carbocycles. The molecule has 26 heavy (non-hydrogen) atoms. The van der Waals surface area contributed by atoms with E-state index in [1.54, 1.807) is 38.1 Å². The SMILES string of the molecule is COCCOC(=O)C1=C(C)NC(C)=C(C(=O)O)C1c1ccccc1C#N. The van der Waals surface area contributed by atoms with Crippen LogP contribution in [-0.2, 0) is 19.1 Å². The van der Waals surface area contributed by atoms with Crippen molar-refractivity contribution in [3.05, 3.63) is 57.9 Å². The Morgan fingerprint density at radius 2 is 1.85 bits per heavy atom. The molecule has 0 saturated carbocycles. The van der Waals surface area contributed by atoms with Crippen LogP contribution < -0.4 is 5.32 Å². The molecule has 0 fully saturated rings. The van der Waals surface area contributed by atoms with Crippen molar-refractivity contribution in [3.8, 4) is 6.07 Å². The zero-order valence-corrected chi connectivity index (χ0v) is 14.8. The van der Waals surface area contributed by atoms with Gasteiger partial charge >= 0.3 is 11.9 Å². The minimum Gasteiger partial charge on any atom is -0.478 e. The molecule has 0 bridgehead atoms. The Labute approximate surface area is 151 Å². The van der Waals surface area contributed by atoms with Crippen molar-refractivity contribution in [2.75, 3.05) is 20.3 Å². The summed E-state index contributed by atoms with van der Waals surface area (Å²) in [6.45, 7) is 3.58. The highest BCUT2D eigenvalue weighted by molar-refractivity contribution is 5.99. The van der Waals surface area contributed by atoms with E-state index in [2.05, 4.69) is 11.4 Å². The van der Waals surface area contributed by atoms with Crippen molar-refractivity contribution < 1.29 is 24.2 Å². The van der Waals surface area contributed by atoms with E-state index >= 15 is 0 Å². The van der Waals surface area contributed by atoms with Crippen LogP contribution in [0.1, 0.15) is 30.9 Å². The summed E-state index contributed by atoms with van der Waals surface area (Å²) in [7, 11) is 1.49. The number of esters is 1. The zero-order valence-electron chi connectivity index (χ0n) is 14.8. The minimum absolute atomic E-state index is 0.0111. The molecule has 1 heterocycles. The second-order valence-electron chi connectivity index (χ2n) is 5.77. The number of carboxylic acids is 1. The summed E-state index contributed by atoms with van der Waals surface area (Å²) >= 11 is 0. The molecule has 136 valence electrons. The standard InChI is InChI=1S/C19H20N2O5/c1-11-15(18(22)23)17(14-7-5-4-6-13(14)10-20)16(12(2)21-11)19(24)26-9-8-25-3/h4-7,17,21H,8-9H2,1-3H3,(H,22,23). The second kappa shape index (κ2) is 8.32. The van der Waals surface area contributed by atoms with Gasteiger partial charge in [0.1, 0.15) is 6.61 Å². The Kier molecular flexibility index (Phi) is 6.15. The summed E-state index contributed by atoms with van der Waals surface area (Å²) in [5.74, 6) is -2.71. The van der Waals surface area contributed by atoms with Crippen LogP contribution in [0.2, 0.25) is 0 Å². The minimum atomic E-state index is -1.16. The molecule has 1 aliphatic rings. The van der Waals surface area contributed by atoms with E-state index in [9.17, 15) is 20.0 Å². The average molecular weight is 356 g/mol. The number of ether oxygens (including phenoxy) is 2. The van der Waals surface area contributed by atoms with Crippen molar-refractivity contribution in [1.82, 2.24) is 5.32 Å². The van der Waals surface area contributed by atoms with Gasteiger partial charge in [-0.05, 0) is 25.5 Å². The number of carboxylic acid groups (broad SMARTS) is 1. The molecule has 1 aromatic rings. The van der Waals surface area contributed by atoms with Crippen LogP contribution in [0.5, 0.6) is 0 Å². The number of benzene rings is 1. The number of carbonyl (C=O) groups is 2. The fourth-order valence-electron chi connectivity index (χ4n) is 3.01. The Morgan fingerprint density at radius 3 is 2.46 bits per heavy atom. The zero-order chi connectivity index (χ0) is 19.3. The highest BCUT2D eigenvalue weighted by Gasteiger charge is 2.38. The van der Waals surface area contributed by atoms with Crippen LogP contribution in [0.3, 0.4) is 0 Å². The van der Waals surface area contributed by atoms with Crippen LogP contribution in [0.4, 0.5) is 0 Å². The molecule has 0 aliphatic carbocycles. The van der Waals surface area contributed by atoms with Crippen molar-refractivity contribution >= 4 is 11.9 Å². The van der Waals surface area contributed by atoms with Crippen LogP contribution in [0.25, 0.3) is 0 Å². The third kappa shape index (κ3) is 3.76. The monoisotopic (exact) mass is 356 g/mol. The van der Waals surface area contributed by atoms with E-state index in [1.165, 1.54) is 7.11 Å². The number of methoxy groups -OCH3 is 1. The molecule has 0 aromatic heterocycles. The van der Waals surface area contributed by atoms with E-state index in [0.29, 0.717) is 22.5 Å². The van der Waals surface area contributed by atoms with Gasteiger partial charge in [0, 0.05) is 18.5 Å². The molecular weight excluding hydrogens is 336 g/mol. The van der Waals surface area contributed by atoms with Gasteiger partial charge in [0.15, 0.2) is 0 Å². The molecule has 7 nitrogen and oxygen atoms in total. The number of nitrogens with zero attached hydrogens (tertiary/aromatic N) is 1. The molecule has 1 aliphatic heterocycles. The van der Waals surface area contributed by atoms with Gasteiger partial charge in [-0.2, -0.15) is 5.26 Å². The molecule has 0 saturated heterocycles. The summed E-state index contributed by atoms with van der Waals surface area (Å²) < 4.78 is 10.1. The van der Waals surface area contributed by atoms with Gasteiger partial charge in [0.25, 0.3) is 0 Å². The third-order valence-electron chi connectivity index (χ3n) is 4.12. The fraction of sp³-hybridized carbons (Fsp3) is 0.316. The summed E-state index contributed by atoms with van der Waals surface area (Å²) in [4.78, 5) is 24.6. The number of nitriles is 1. The maximum absolute atomic E-state index is 12.7. The maximum atomic E-state index is 12.7. The lowest BCUT2D eigenvalue weighted by molar-refractivity contribution is -0.140. The summed E-state index contributed by atoms with van der Waals surface area (Å²) in [6.07, 6.45) is 0. The molecule has 0 radical (unpaired) electrons. The normalized spacial score (nSPS) is 16.8. The van der Waals surface area contributed by atoms with Crippen molar-refractivity contribution in [3.63, 3.8) is 0 Å². The molecular formula is C19H20N2O5. The van der Waals surface area contributed by atoms with E-state index in [0.717, 1.165) is 0 Å². The smallest absolute Gasteiger partial charge is 0.336 e. The number of carbonyl (C=O) groups excluding carboxylic acids is 1. The predicted octanol–water partition coefficient (Wildman–Crippen LogP) is 2.07. The first-order valence-corrected chi connectivity index (χ1v) is 7.99. The van der Waals surface area contributed by atoms with Gasteiger partial charge < -0.3 is 19.9 Å². The number of aliphatic carboxylic acids is 1. The van der Waals surface area contributed by atoms with Gasteiger partial charge in [-0.3, -0.25) is 0 Å². The molecule has 7 heteroatoms. The van der Waals surface area contributed by atoms with Crippen LogP contribution in [-0.4, -0.2) is 37.4 Å². The molecule has 2 N–H and O–H groups in total. The summed E-state index contributed by atoms with van der Waals surface area (Å²) in [6, 6.07) is 8.70. The molecule has 2 rings (SSSR count). The number of dihydropyridines is 1. The lowest BCUT2D eigenvalue weighted by Crippen LogP contribution is -2.32. The fourth-order valence-corrected chi connectivity index (χ4v) is 3.01. The Morgan fingerprint density at radius 1 is 1.19 bits per heavy atom. The lowest BCUT2D eigenvalue weighted by Gasteiger charge is -2.30. The number of allylic oxidation sites excluding steroid dienone is 2. The van der Waals surface area contributed by atoms with E-state index in [4.69, 9.17) is 9.47 Å². The number of nitrogens with one attached hydrogen (secondary N) is 1. The quantitative estimate of drug-likeness (QED) is 0.593. The van der Waals surface area contributed by atoms with Crippen LogP contribution >= 0.6 is 0 Å². The Balaban J connectivity index is 2.60. The first-order chi connectivity index (χ1) is 12.4. The van der Waals surface area contributed by atoms with Gasteiger partial charge in [-0.25, -0.2) is 9.59 Å². The second-order valence-corrected chi connectivity index (χ2v) is 5.77. The third-order valence-corrected chi connectivity index (χ3v) is 4.12. The van der Waals surface area contributed by atoms with Gasteiger partial charge in [0.2, 0.25) is 0 Å². The van der Waals surface area contributed by atoms with Crippen molar-refractivity contribution in [2.24, 2.45) is 0 Å². The summed E-state index contributed by atoms with van der Waals surface area (Å²) in [5, 5.41) is 22.1. The Bertz CT molecular complexity index is 833. The molecule has 0 amide bonds. The highest BCUT2D eigenvalue weighted by Crippen LogP contribution is 2.39. The summed E-state index contributed by atoms with van der Waals surface area (Å²) in [5.41, 5.74) is 1.85. The van der Waals surface area contributed by atoms with E-state index in [-0.39, 0.29) is 24.4 Å². The molecule has 1 atom stereocenters.